The van der Waals surface area contributed by atoms with Crippen LogP contribution in [0.25, 0.3) is 11.6 Å². The zero-order valence-electron chi connectivity index (χ0n) is 19.0. The monoisotopic (exact) mass is 443 g/mol. The second-order valence-electron chi connectivity index (χ2n) is 7.34. The van der Waals surface area contributed by atoms with Crippen LogP contribution in [0.2, 0.25) is 0 Å². The normalized spacial score (nSPS) is 10.8. The fourth-order valence-corrected chi connectivity index (χ4v) is 3.18. The zero-order valence-corrected chi connectivity index (χ0v) is 19.0. The topological polar surface area (TPSA) is 77.8 Å². The predicted molar refractivity (Wildman–Crippen MR) is 127 cm³/mol. The van der Waals surface area contributed by atoms with Gasteiger partial charge in [-0.15, -0.1) is 0 Å². The standard InChI is InChI=1S/C27H25NO5/c1-18-8-9-19(2)25(12-18)32-17-27(29)33-23-7-5-6-20(14-23)13-22(16-28)21-10-11-24(30-3)26(15-21)31-4/h5-15H,17H2,1-4H3/b22-13-. The van der Waals surface area contributed by atoms with E-state index in [0.717, 1.165) is 11.1 Å². The molecule has 0 aromatic heterocycles. The van der Waals surface area contributed by atoms with E-state index >= 15 is 0 Å². The molecule has 0 bridgehead atoms. The van der Waals surface area contributed by atoms with Crippen molar-refractivity contribution < 1.29 is 23.7 Å². The Hall–Kier alpha value is -4.24. The number of hydrogen-bond donors (Lipinski definition) is 0. The highest BCUT2D eigenvalue weighted by molar-refractivity contribution is 5.90. The Labute approximate surface area is 193 Å². The molecule has 168 valence electrons. The van der Waals surface area contributed by atoms with Gasteiger partial charge in [0, 0.05) is 0 Å². The molecule has 6 heteroatoms. The number of nitriles is 1. The molecule has 0 radical (unpaired) electrons. The van der Waals surface area contributed by atoms with Gasteiger partial charge >= 0.3 is 5.97 Å². The van der Waals surface area contributed by atoms with E-state index in [1.807, 2.05) is 38.1 Å². The summed E-state index contributed by atoms with van der Waals surface area (Å²) in [6.07, 6.45) is 1.71. The summed E-state index contributed by atoms with van der Waals surface area (Å²) in [5, 5.41) is 9.67. The van der Waals surface area contributed by atoms with Crippen molar-refractivity contribution in [2.75, 3.05) is 20.8 Å². The van der Waals surface area contributed by atoms with Crippen LogP contribution in [0.15, 0.2) is 60.7 Å². The first-order valence-electron chi connectivity index (χ1n) is 10.3. The van der Waals surface area contributed by atoms with Crippen LogP contribution in [-0.2, 0) is 4.79 Å². The molecule has 0 aliphatic carbocycles. The Kier molecular flexibility index (Phi) is 7.72. The maximum atomic E-state index is 12.3. The molecule has 0 aliphatic heterocycles. The van der Waals surface area contributed by atoms with Gasteiger partial charge in [-0.2, -0.15) is 5.26 Å². The van der Waals surface area contributed by atoms with Crippen LogP contribution >= 0.6 is 0 Å². The second kappa shape index (κ2) is 10.9. The molecule has 0 saturated heterocycles. The Bertz CT molecular complexity index is 1220. The average molecular weight is 443 g/mol. The highest BCUT2D eigenvalue weighted by Crippen LogP contribution is 2.31. The summed E-state index contributed by atoms with van der Waals surface area (Å²) in [6, 6.07) is 20.2. The molecule has 0 fully saturated rings. The third-order valence-electron chi connectivity index (χ3n) is 4.90. The Balaban J connectivity index is 1.73. The van der Waals surface area contributed by atoms with Crippen molar-refractivity contribution in [3.8, 4) is 29.1 Å². The van der Waals surface area contributed by atoms with Gasteiger partial charge in [-0.25, -0.2) is 4.79 Å². The number of esters is 1. The van der Waals surface area contributed by atoms with Crippen LogP contribution in [0.4, 0.5) is 0 Å². The average Bonchev–Trinajstić information content (AvgIpc) is 2.82. The first-order valence-corrected chi connectivity index (χ1v) is 10.3. The maximum Gasteiger partial charge on any atom is 0.349 e. The lowest BCUT2D eigenvalue weighted by Gasteiger charge is -2.10. The van der Waals surface area contributed by atoms with Gasteiger partial charge in [-0.1, -0.05) is 24.3 Å². The van der Waals surface area contributed by atoms with Crippen LogP contribution in [0, 0.1) is 25.2 Å². The first kappa shape index (κ1) is 23.4. The van der Waals surface area contributed by atoms with Gasteiger partial charge < -0.3 is 18.9 Å². The van der Waals surface area contributed by atoms with Crippen molar-refractivity contribution in [2.45, 2.75) is 13.8 Å². The van der Waals surface area contributed by atoms with Crippen molar-refractivity contribution >= 4 is 17.6 Å². The van der Waals surface area contributed by atoms with Crippen LogP contribution < -0.4 is 18.9 Å². The van der Waals surface area contributed by atoms with Crippen LogP contribution in [0.3, 0.4) is 0 Å². The molecule has 0 heterocycles. The van der Waals surface area contributed by atoms with Crippen molar-refractivity contribution in [1.82, 2.24) is 0 Å². The number of rotatable bonds is 8. The number of methoxy groups -OCH3 is 2. The summed E-state index contributed by atoms with van der Waals surface area (Å²) in [5.41, 5.74) is 3.81. The molecule has 6 nitrogen and oxygen atoms in total. The summed E-state index contributed by atoms with van der Waals surface area (Å²) in [7, 11) is 3.09. The van der Waals surface area contributed by atoms with Gasteiger partial charge in [0.1, 0.15) is 11.5 Å². The highest BCUT2D eigenvalue weighted by Gasteiger charge is 2.10. The Morgan fingerprint density at radius 3 is 2.45 bits per heavy atom. The van der Waals surface area contributed by atoms with Gasteiger partial charge in [0.2, 0.25) is 0 Å². The van der Waals surface area contributed by atoms with E-state index in [2.05, 4.69) is 6.07 Å². The second-order valence-corrected chi connectivity index (χ2v) is 7.34. The largest absolute Gasteiger partial charge is 0.493 e. The summed E-state index contributed by atoms with van der Waals surface area (Å²) in [5.74, 6) is 1.61. The third-order valence-corrected chi connectivity index (χ3v) is 4.90. The van der Waals surface area contributed by atoms with Crippen LogP contribution in [0.5, 0.6) is 23.0 Å². The number of hydrogen-bond acceptors (Lipinski definition) is 6. The number of carbonyl (C=O) groups is 1. The van der Waals surface area contributed by atoms with E-state index < -0.39 is 5.97 Å². The van der Waals surface area contributed by atoms with Gasteiger partial charge in [0.15, 0.2) is 18.1 Å². The molecule has 3 aromatic carbocycles. The minimum atomic E-state index is -0.516. The van der Waals surface area contributed by atoms with Crippen molar-refractivity contribution in [3.63, 3.8) is 0 Å². The van der Waals surface area contributed by atoms with Gasteiger partial charge in [0.25, 0.3) is 0 Å². The molecule has 0 N–H and O–H groups in total. The molecule has 0 atom stereocenters. The van der Waals surface area contributed by atoms with E-state index in [1.54, 1.807) is 56.7 Å². The number of aryl methyl sites for hydroxylation is 2. The number of benzene rings is 3. The van der Waals surface area contributed by atoms with E-state index in [1.165, 1.54) is 0 Å². The predicted octanol–water partition coefficient (Wildman–Crippen LogP) is 5.37. The van der Waals surface area contributed by atoms with Gasteiger partial charge in [-0.05, 0) is 78.6 Å². The molecule has 3 rings (SSSR count). The molecule has 0 spiro atoms. The number of carbonyl (C=O) groups excluding carboxylic acids is 1. The minimum Gasteiger partial charge on any atom is -0.493 e. The minimum absolute atomic E-state index is 0.209. The zero-order chi connectivity index (χ0) is 23.8. The molecule has 0 saturated carbocycles. The molecule has 0 unspecified atom stereocenters. The van der Waals surface area contributed by atoms with Gasteiger partial charge in [-0.3, -0.25) is 0 Å². The number of allylic oxidation sites excluding steroid dienone is 1. The summed E-state index contributed by atoms with van der Waals surface area (Å²) >= 11 is 0. The lowest BCUT2D eigenvalue weighted by atomic mass is 10.0. The summed E-state index contributed by atoms with van der Waals surface area (Å²) in [6.45, 7) is 3.67. The number of ether oxygens (including phenoxy) is 4. The molecule has 3 aromatic rings. The van der Waals surface area contributed by atoms with Crippen molar-refractivity contribution in [2.24, 2.45) is 0 Å². The number of nitrogens with zero attached hydrogens (tertiary/aromatic N) is 1. The van der Waals surface area contributed by atoms with Crippen LogP contribution in [-0.4, -0.2) is 26.8 Å². The quantitative estimate of drug-likeness (QED) is 0.202. The van der Waals surface area contributed by atoms with E-state index in [0.29, 0.717) is 39.7 Å². The van der Waals surface area contributed by atoms with Crippen molar-refractivity contribution in [3.05, 3.63) is 82.9 Å². The third kappa shape index (κ3) is 6.14. The summed E-state index contributed by atoms with van der Waals surface area (Å²) < 4.78 is 21.6. The molecule has 0 amide bonds. The summed E-state index contributed by atoms with van der Waals surface area (Å²) in [4.78, 5) is 12.3. The molecular weight excluding hydrogens is 418 g/mol. The van der Waals surface area contributed by atoms with Gasteiger partial charge in [0.05, 0.1) is 25.9 Å². The highest BCUT2D eigenvalue weighted by atomic mass is 16.6. The first-order chi connectivity index (χ1) is 15.9. The SMILES string of the molecule is COc1ccc(/C(C#N)=C\c2cccc(OC(=O)COc3cc(C)ccc3C)c2)cc1OC. The molecular formula is C27H25NO5. The van der Waals surface area contributed by atoms with Crippen molar-refractivity contribution in [1.29, 1.82) is 5.26 Å². The van der Waals surface area contributed by atoms with E-state index in [4.69, 9.17) is 18.9 Å². The molecule has 0 aliphatic rings. The lowest BCUT2D eigenvalue weighted by molar-refractivity contribution is -0.136. The Morgan fingerprint density at radius 2 is 1.73 bits per heavy atom. The fraction of sp³-hybridized carbons (Fsp3) is 0.185. The van der Waals surface area contributed by atoms with Crippen LogP contribution in [0.1, 0.15) is 22.3 Å². The lowest BCUT2D eigenvalue weighted by Crippen LogP contribution is -2.18. The van der Waals surface area contributed by atoms with E-state index in [-0.39, 0.29) is 6.61 Å². The fourth-order valence-electron chi connectivity index (χ4n) is 3.18. The Morgan fingerprint density at radius 1 is 0.939 bits per heavy atom. The smallest absolute Gasteiger partial charge is 0.349 e. The maximum absolute atomic E-state index is 12.3. The van der Waals surface area contributed by atoms with E-state index in [9.17, 15) is 10.1 Å². The molecule has 33 heavy (non-hydrogen) atoms.